The summed E-state index contributed by atoms with van der Waals surface area (Å²) in [5, 5.41) is 0. The fourth-order valence-electron chi connectivity index (χ4n) is 2.23. The standard InChI is InChI=1S/C13H22F3NO3/c1-19-12(18)5-8-17(7-3-6-13(14,15)16)10-11-4-2-9-20-11/h11H,2-10H2,1H3. The number of rotatable bonds is 8. The van der Waals surface area contributed by atoms with Gasteiger partial charge in [0.05, 0.1) is 19.6 Å². The molecule has 1 unspecified atom stereocenters. The molecule has 0 spiro atoms. The van der Waals surface area contributed by atoms with E-state index in [1.165, 1.54) is 7.11 Å². The number of methoxy groups -OCH3 is 1. The van der Waals surface area contributed by atoms with E-state index in [9.17, 15) is 18.0 Å². The van der Waals surface area contributed by atoms with Crippen molar-refractivity contribution in [1.82, 2.24) is 4.90 Å². The smallest absolute Gasteiger partial charge is 0.389 e. The molecule has 0 N–H and O–H groups in total. The largest absolute Gasteiger partial charge is 0.469 e. The Hall–Kier alpha value is -0.820. The van der Waals surface area contributed by atoms with E-state index >= 15 is 0 Å². The first-order chi connectivity index (χ1) is 9.40. The molecule has 0 radical (unpaired) electrons. The first-order valence-corrected chi connectivity index (χ1v) is 6.88. The molecule has 1 heterocycles. The van der Waals surface area contributed by atoms with Gasteiger partial charge in [-0.1, -0.05) is 0 Å². The first-order valence-electron chi connectivity index (χ1n) is 6.88. The van der Waals surface area contributed by atoms with Gasteiger partial charge in [0.25, 0.3) is 0 Å². The molecule has 1 rings (SSSR count). The highest BCUT2D eigenvalue weighted by Gasteiger charge is 2.27. The number of halogens is 3. The fraction of sp³-hybridized carbons (Fsp3) is 0.923. The maximum atomic E-state index is 12.2. The van der Waals surface area contributed by atoms with Crippen molar-refractivity contribution in [2.75, 3.05) is 33.4 Å². The summed E-state index contributed by atoms with van der Waals surface area (Å²) in [7, 11) is 1.30. The minimum Gasteiger partial charge on any atom is -0.469 e. The molecule has 1 aliphatic rings. The van der Waals surface area contributed by atoms with Crippen molar-refractivity contribution >= 4 is 5.97 Å². The Labute approximate surface area is 117 Å². The van der Waals surface area contributed by atoms with Gasteiger partial charge in [-0.3, -0.25) is 4.79 Å². The fourth-order valence-corrected chi connectivity index (χ4v) is 2.23. The van der Waals surface area contributed by atoms with Crippen molar-refractivity contribution in [3.05, 3.63) is 0 Å². The predicted octanol–water partition coefficient (Wildman–Crippen LogP) is 2.37. The van der Waals surface area contributed by atoms with E-state index in [1.807, 2.05) is 4.90 Å². The third kappa shape index (κ3) is 7.69. The second-order valence-electron chi connectivity index (χ2n) is 4.98. The molecule has 20 heavy (non-hydrogen) atoms. The molecular formula is C13H22F3NO3. The van der Waals surface area contributed by atoms with Crippen LogP contribution in [0.1, 0.15) is 32.1 Å². The third-order valence-corrected chi connectivity index (χ3v) is 3.28. The van der Waals surface area contributed by atoms with Gasteiger partial charge >= 0.3 is 12.1 Å². The van der Waals surface area contributed by atoms with Gasteiger partial charge in [0.2, 0.25) is 0 Å². The minimum absolute atomic E-state index is 0.0391. The average Bonchev–Trinajstić information content (AvgIpc) is 2.86. The van der Waals surface area contributed by atoms with Crippen LogP contribution < -0.4 is 0 Å². The van der Waals surface area contributed by atoms with E-state index in [4.69, 9.17) is 4.74 Å². The Morgan fingerprint density at radius 1 is 1.40 bits per heavy atom. The highest BCUT2D eigenvalue weighted by molar-refractivity contribution is 5.69. The lowest BCUT2D eigenvalue weighted by Crippen LogP contribution is -2.35. The van der Waals surface area contributed by atoms with Gasteiger partial charge in [0, 0.05) is 26.1 Å². The molecule has 4 nitrogen and oxygen atoms in total. The summed E-state index contributed by atoms with van der Waals surface area (Å²) >= 11 is 0. The number of carbonyl (C=O) groups is 1. The van der Waals surface area contributed by atoms with Crippen molar-refractivity contribution in [1.29, 1.82) is 0 Å². The number of hydrogen-bond acceptors (Lipinski definition) is 4. The number of nitrogens with zero attached hydrogens (tertiary/aromatic N) is 1. The highest BCUT2D eigenvalue weighted by atomic mass is 19.4. The SMILES string of the molecule is COC(=O)CCN(CCCC(F)(F)F)CC1CCCO1. The Morgan fingerprint density at radius 3 is 2.70 bits per heavy atom. The van der Waals surface area contributed by atoms with Crippen LogP contribution in [0.2, 0.25) is 0 Å². The number of alkyl halides is 3. The Balaban J connectivity index is 2.34. The lowest BCUT2D eigenvalue weighted by atomic mass is 10.2. The van der Waals surface area contributed by atoms with Gasteiger partial charge in [-0.05, 0) is 25.8 Å². The lowest BCUT2D eigenvalue weighted by molar-refractivity contribution is -0.142. The summed E-state index contributed by atoms with van der Waals surface area (Å²) in [5.41, 5.74) is 0. The van der Waals surface area contributed by atoms with Gasteiger partial charge in [-0.25, -0.2) is 0 Å². The van der Waals surface area contributed by atoms with Crippen molar-refractivity contribution in [3.63, 3.8) is 0 Å². The van der Waals surface area contributed by atoms with Crippen LogP contribution in [0.25, 0.3) is 0 Å². The normalized spacial score (nSPS) is 19.6. The summed E-state index contributed by atoms with van der Waals surface area (Å²) in [6.07, 6.45) is -2.72. The Kier molecular flexibility index (Phi) is 7.29. The minimum atomic E-state index is -4.13. The van der Waals surface area contributed by atoms with E-state index in [2.05, 4.69) is 4.74 Å². The van der Waals surface area contributed by atoms with E-state index in [1.54, 1.807) is 0 Å². The summed E-state index contributed by atoms with van der Waals surface area (Å²) in [4.78, 5) is 13.0. The molecule has 1 atom stereocenters. The second-order valence-corrected chi connectivity index (χ2v) is 4.98. The Morgan fingerprint density at radius 2 is 2.15 bits per heavy atom. The van der Waals surface area contributed by atoms with Crippen molar-refractivity contribution in [3.8, 4) is 0 Å². The van der Waals surface area contributed by atoms with Gasteiger partial charge in [-0.2, -0.15) is 13.2 Å². The van der Waals surface area contributed by atoms with E-state index in [-0.39, 0.29) is 24.9 Å². The van der Waals surface area contributed by atoms with E-state index < -0.39 is 12.6 Å². The van der Waals surface area contributed by atoms with Crippen LogP contribution in [0.3, 0.4) is 0 Å². The number of esters is 1. The zero-order valence-corrected chi connectivity index (χ0v) is 11.7. The molecule has 1 saturated heterocycles. The van der Waals surface area contributed by atoms with Crippen LogP contribution in [-0.4, -0.2) is 56.5 Å². The molecule has 0 bridgehead atoms. The number of ether oxygens (including phenoxy) is 2. The third-order valence-electron chi connectivity index (χ3n) is 3.28. The molecule has 0 amide bonds. The van der Waals surface area contributed by atoms with Crippen LogP contribution in [0, 0.1) is 0 Å². The van der Waals surface area contributed by atoms with Gasteiger partial charge in [0.1, 0.15) is 0 Å². The summed E-state index contributed by atoms with van der Waals surface area (Å²) in [6, 6.07) is 0. The second kappa shape index (κ2) is 8.46. The molecule has 0 aromatic carbocycles. The molecule has 0 aliphatic carbocycles. The number of carbonyl (C=O) groups excluding carboxylic acids is 1. The maximum absolute atomic E-state index is 12.2. The van der Waals surface area contributed by atoms with Crippen LogP contribution in [0.4, 0.5) is 13.2 Å². The van der Waals surface area contributed by atoms with Gasteiger partial charge < -0.3 is 14.4 Å². The average molecular weight is 297 g/mol. The molecule has 0 saturated carbocycles. The van der Waals surface area contributed by atoms with Crippen LogP contribution in [0.5, 0.6) is 0 Å². The van der Waals surface area contributed by atoms with Crippen molar-refractivity contribution in [2.24, 2.45) is 0 Å². The zero-order valence-electron chi connectivity index (χ0n) is 11.7. The van der Waals surface area contributed by atoms with Gasteiger partial charge in [-0.15, -0.1) is 0 Å². The first kappa shape index (κ1) is 17.2. The summed E-state index contributed by atoms with van der Waals surface area (Å²) < 4.78 is 46.5. The molecule has 0 aromatic rings. The molecule has 1 aliphatic heterocycles. The van der Waals surface area contributed by atoms with Crippen LogP contribution >= 0.6 is 0 Å². The molecule has 1 fully saturated rings. The quantitative estimate of drug-likeness (QED) is 0.645. The molecular weight excluding hydrogens is 275 g/mol. The molecule has 0 aromatic heterocycles. The van der Waals surface area contributed by atoms with Crippen molar-refractivity contribution < 1.29 is 27.4 Å². The molecule has 7 heteroatoms. The van der Waals surface area contributed by atoms with Crippen molar-refractivity contribution in [2.45, 2.75) is 44.4 Å². The summed E-state index contributed by atoms with van der Waals surface area (Å²) in [6.45, 7) is 2.01. The highest BCUT2D eigenvalue weighted by Crippen LogP contribution is 2.22. The lowest BCUT2D eigenvalue weighted by Gasteiger charge is -2.25. The van der Waals surface area contributed by atoms with E-state index in [0.29, 0.717) is 26.2 Å². The Bertz CT molecular complexity index is 291. The van der Waals surface area contributed by atoms with Crippen LogP contribution in [-0.2, 0) is 14.3 Å². The topological polar surface area (TPSA) is 38.8 Å². The predicted molar refractivity (Wildman–Crippen MR) is 67.3 cm³/mol. The monoisotopic (exact) mass is 297 g/mol. The van der Waals surface area contributed by atoms with E-state index in [0.717, 1.165) is 12.8 Å². The van der Waals surface area contributed by atoms with Gasteiger partial charge in [0.15, 0.2) is 0 Å². The number of hydrogen-bond donors (Lipinski definition) is 0. The zero-order chi connectivity index (χ0) is 15.0. The maximum Gasteiger partial charge on any atom is 0.389 e. The van der Waals surface area contributed by atoms with Crippen LogP contribution in [0.15, 0.2) is 0 Å². The summed E-state index contributed by atoms with van der Waals surface area (Å²) in [5.74, 6) is -0.349. The molecule has 118 valence electrons.